The molecule has 9 heteroatoms. The maximum atomic E-state index is 13.9. The molecule has 2 aliphatic rings. The van der Waals surface area contributed by atoms with Crippen molar-refractivity contribution in [1.82, 2.24) is 9.27 Å². The highest BCUT2D eigenvalue weighted by molar-refractivity contribution is 7.96. The van der Waals surface area contributed by atoms with Gasteiger partial charge in [-0.05, 0) is 85.8 Å². The summed E-state index contributed by atoms with van der Waals surface area (Å²) in [5, 5.41) is 13.6. The number of halogens is 1. The number of hydrogen-bond acceptors (Lipinski definition) is 6. The summed E-state index contributed by atoms with van der Waals surface area (Å²) in [5.74, 6) is -0.255. The number of aromatic nitrogens is 1. The smallest absolute Gasteiger partial charge is 0.258 e. The summed E-state index contributed by atoms with van der Waals surface area (Å²) < 4.78 is 45.6. The predicted molar refractivity (Wildman–Crippen MR) is 133 cm³/mol. The van der Waals surface area contributed by atoms with Gasteiger partial charge in [-0.15, -0.1) is 0 Å². The molecular weight excluding hydrogens is 473 g/mol. The molecule has 2 aliphatic heterocycles. The minimum absolute atomic E-state index is 0.0843. The fraction of sp³-hybridized carbons (Fsp3) is 0.320. The molecule has 1 fully saturated rings. The zero-order chi connectivity index (χ0) is 24.1. The Bertz CT molecular complexity index is 1370. The molecule has 0 saturated carbocycles. The molecule has 6 nitrogen and oxygen atoms in total. The van der Waals surface area contributed by atoms with E-state index in [1.54, 1.807) is 18.2 Å². The molecule has 1 N–H and O–H groups in total. The first kappa shape index (κ1) is 23.0. The van der Waals surface area contributed by atoms with Crippen LogP contribution in [0.25, 0.3) is 11.3 Å². The third-order valence-corrected chi connectivity index (χ3v) is 9.12. The third-order valence-electron chi connectivity index (χ3n) is 6.80. The lowest BCUT2D eigenvalue weighted by Crippen LogP contribution is -2.56. The molecule has 2 aromatic carbocycles. The molecule has 34 heavy (non-hydrogen) atoms. The molecule has 0 aliphatic carbocycles. The molecule has 1 spiro atoms. The van der Waals surface area contributed by atoms with E-state index in [1.807, 2.05) is 24.4 Å². The molecule has 3 heterocycles. The zero-order valence-corrected chi connectivity index (χ0v) is 20.6. The van der Waals surface area contributed by atoms with E-state index in [1.165, 1.54) is 39.4 Å². The second kappa shape index (κ2) is 8.48. The number of benzene rings is 2. The highest BCUT2D eigenvalue weighted by atomic mass is 32.2. The van der Waals surface area contributed by atoms with E-state index in [2.05, 4.69) is 16.2 Å². The van der Waals surface area contributed by atoms with Gasteiger partial charge in [-0.1, -0.05) is 12.1 Å². The van der Waals surface area contributed by atoms with Crippen LogP contribution in [0.4, 0.5) is 10.1 Å². The number of phenolic OH excluding ortho intramolecular Hbond substituents is 1. The quantitative estimate of drug-likeness (QED) is 0.544. The van der Waals surface area contributed by atoms with Gasteiger partial charge in [-0.2, -0.15) is 4.37 Å². The Morgan fingerprint density at radius 2 is 2.09 bits per heavy atom. The summed E-state index contributed by atoms with van der Waals surface area (Å²) >= 11 is 1.37. The largest absolute Gasteiger partial charge is 0.507 e. The normalized spacial score (nSPS) is 24.2. The van der Waals surface area contributed by atoms with Gasteiger partial charge in [0, 0.05) is 35.5 Å². The number of aryl methyl sites for hydroxylation is 1. The lowest BCUT2D eigenvalue weighted by atomic mass is 9.83. The van der Waals surface area contributed by atoms with Crippen molar-refractivity contribution in [3.63, 3.8) is 0 Å². The highest BCUT2D eigenvalue weighted by Gasteiger charge is 2.49. The number of nitrogens with zero attached hydrogens (tertiary/aromatic N) is 3. The number of rotatable bonds is 4. The van der Waals surface area contributed by atoms with Crippen molar-refractivity contribution in [2.45, 2.75) is 44.8 Å². The van der Waals surface area contributed by atoms with E-state index < -0.39 is 21.4 Å². The molecule has 3 aromatic rings. The number of anilines is 1. The highest BCUT2D eigenvalue weighted by Crippen LogP contribution is 2.43. The van der Waals surface area contributed by atoms with Crippen molar-refractivity contribution in [2.75, 3.05) is 10.8 Å². The molecule has 2 atom stereocenters. The van der Waals surface area contributed by atoms with Crippen LogP contribution >= 0.6 is 11.5 Å². The van der Waals surface area contributed by atoms with Crippen LogP contribution in [0.2, 0.25) is 0 Å². The van der Waals surface area contributed by atoms with Crippen LogP contribution in [-0.4, -0.2) is 40.9 Å². The summed E-state index contributed by atoms with van der Waals surface area (Å²) in [5.41, 5.74) is 3.24. The van der Waals surface area contributed by atoms with Gasteiger partial charge >= 0.3 is 0 Å². The summed E-state index contributed by atoms with van der Waals surface area (Å²) in [6.45, 7) is 5.42. The minimum atomic E-state index is -3.67. The van der Waals surface area contributed by atoms with Crippen molar-refractivity contribution in [3.05, 3.63) is 76.3 Å². The maximum absolute atomic E-state index is 13.9. The Morgan fingerprint density at radius 3 is 2.79 bits per heavy atom. The molecule has 5 rings (SSSR count). The average Bonchev–Trinajstić information content (AvgIpc) is 3.31. The predicted octanol–water partition coefficient (Wildman–Crippen LogP) is 5.05. The number of aromatic hydroxyl groups is 1. The Hall–Kier alpha value is -2.75. The van der Waals surface area contributed by atoms with Crippen molar-refractivity contribution < 1.29 is 17.9 Å². The Morgan fingerprint density at radius 1 is 1.26 bits per heavy atom. The SMILES string of the molecule is Cc1csnc1-c1cc(CN2CC[C@]3(C=CS(=O)(=O)N3c3cccc(F)c3)C[C@@H]2C)ccc1O. The third kappa shape index (κ3) is 4.01. The van der Waals surface area contributed by atoms with Crippen LogP contribution in [0.15, 0.2) is 59.3 Å². The molecule has 1 saturated heterocycles. The van der Waals surface area contributed by atoms with Gasteiger partial charge in [-0.3, -0.25) is 9.21 Å². The van der Waals surface area contributed by atoms with Gasteiger partial charge in [0.05, 0.1) is 16.9 Å². The Kier molecular flexibility index (Phi) is 5.74. The maximum Gasteiger partial charge on any atom is 0.258 e. The number of likely N-dealkylation sites (tertiary alicyclic amines) is 1. The zero-order valence-electron chi connectivity index (χ0n) is 19.0. The van der Waals surface area contributed by atoms with Crippen LogP contribution in [-0.2, 0) is 16.6 Å². The van der Waals surface area contributed by atoms with E-state index in [9.17, 15) is 17.9 Å². The number of piperidine rings is 1. The van der Waals surface area contributed by atoms with E-state index in [4.69, 9.17) is 0 Å². The van der Waals surface area contributed by atoms with Crippen molar-refractivity contribution >= 4 is 27.2 Å². The summed E-state index contributed by atoms with van der Waals surface area (Å²) in [4.78, 5) is 2.32. The summed E-state index contributed by atoms with van der Waals surface area (Å²) in [6.07, 6.45) is 2.96. The molecule has 0 radical (unpaired) electrons. The van der Waals surface area contributed by atoms with Gasteiger partial charge in [0.2, 0.25) is 0 Å². The number of hydrogen-bond donors (Lipinski definition) is 1. The van der Waals surface area contributed by atoms with E-state index in [-0.39, 0.29) is 11.8 Å². The minimum Gasteiger partial charge on any atom is -0.507 e. The lowest BCUT2D eigenvalue weighted by Gasteiger charge is -2.47. The molecule has 0 unspecified atom stereocenters. The van der Waals surface area contributed by atoms with E-state index in [0.29, 0.717) is 31.6 Å². The fourth-order valence-corrected chi connectivity index (χ4v) is 7.48. The first-order valence-electron chi connectivity index (χ1n) is 11.2. The van der Waals surface area contributed by atoms with Gasteiger partial charge < -0.3 is 5.11 Å². The van der Waals surface area contributed by atoms with Crippen molar-refractivity contribution in [1.29, 1.82) is 0 Å². The number of phenols is 1. The van der Waals surface area contributed by atoms with Gasteiger partial charge in [0.1, 0.15) is 11.6 Å². The molecule has 1 aromatic heterocycles. The lowest BCUT2D eigenvalue weighted by molar-refractivity contribution is 0.120. The number of sulfonamides is 1. The van der Waals surface area contributed by atoms with Crippen LogP contribution in [0.5, 0.6) is 5.75 Å². The van der Waals surface area contributed by atoms with Gasteiger partial charge in [0.15, 0.2) is 0 Å². The van der Waals surface area contributed by atoms with E-state index in [0.717, 1.165) is 22.4 Å². The van der Waals surface area contributed by atoms with Crippen LogP contribution in [0.3, 0.4) is 0 Å². The summed E-state index contributed by atoms with van der Waals surface area (Å²) in [6, 6.07) is 11.5. The van der Waals surface area contributed by atoms with Crippen LogP contribution in [0.1, 0.15) is 30.9 Å². The van der Waals surface area contributed by atoms with Crippen molar-refractivity contribution in [2.24, 2.45) is 0 Å². The average molecular weight is 500 g/mol. The van der Waals surface area contributed by atoms with Crippen molar-refractivity contribution in [3.8, 4) is 17.0 Å². The first-order chi connectivity index (χ1) is 16.2. The molecule has 0 amide bonds. The standard InChI is InChI=1S/C25H26FN3O3S2/c1-17-16-33-27-24(17)22-12-19(6-7-23(22)30)15-28-10-8-25(14-18(28)2)9-11-34(31,32)29(25)21-5-3-4-20(26)13-21/h3-7,9,11-13,16,18,30H,8,10,14-15H2,1-2H3/t18-,25-/m0/s1. The van der Waals surface area contributed by atoms with Gasteiger partial charge in [-0.25, -0.2) is 12.8 Å². The topological polar surface area (TPSA) is 73.7 Å². The Balaban J connectivity index is 1.38. The van der Waals surface area contributed by atoms with Crippen LogP contribution in [0, 0.1) is 12.7 Å². The Labute approximate surface area is 203 Å². The van der Waals surface area contributed by atoms with Crippen LogP contribution < -0.4 is 4.31 Å². The second-order valence-corrected chi connectivity index (χ2v) is 11.5. The monoisotopic (exact) mass is 499 g/mol. The first-order valence-corrected chi connectivity index (χ1v) is 13.5. The molecule has 0 bridgehead atoms. The fourth-order valence-electron chi connectivity index (χ4n) is 5.13. The molecule has 178 valence electrons. The second-order valence-electron chi connectivity index (χ2n) is 9.17. The van der Waals surface area contributed by atoms with Gasteiger partial charge in [0.25, 0.3) is 10.0 Å². The summed E-state index contributed by atoms with van der Waals surface area (Å²) in [7, 11) is -3.67. The molecular formula is C25H26FN3O3S2. The van der Waals surface area contributed by atoms with E-state index >= 15 is 0 Å².